The van der Waals surface area contributed by atoms with E-state index in [0.717, 1.165) is 5.56 Å². The van der Waals surface area contributed by atoms with Gasteiger partial charge in [-0.3, -0.25) is 4.79 Å². The van der Waals surface area contributed by atoms with Crippen LogP contribution in [0.1, 0.15) is 21.5 Å². The molecule has 0 saturated heterocycles. The Morgan fingerprint density at radius 1 is 1.20 bits per heavy atom. The predicted octanol–water partition coefficient (Wildman–Crippen LogP) is 4.16. The van der Waals surface area contributed by atoms with Crippen LogP contribution in [0, 0.1) is 19.7 Å². The number of phenolic OH excluding ortho intramolecular Hbond substituents is 1. The molecule has 0 radical (unpaired) electrons. The molecule has 0 heterocycles. The van der Waals surface area contributed by atoms with Crippen molar-refractivity contribution in [1.29, 1.82) is 0 Å². The van der Waals surface area contributed by atoms with E-state index in [1.165, 1.54) is 18.2 Å². The van der Waals surface area contributed by atoms with Crippen LogP contribution in [-0.4, -0.2) is 11.0 Å². The Morgan fingerprint density at radius 3 is 2.55 bits per heavy atom. The maximum absolute atomic E-state index is 13.4. The monoisotopic (exact) mass is 337 g/mol. The Morgan fingerprint density at radius 2 is 1.90 bits per heavy atom. The molecule has 0 atom stereocenters. The van der Waals surface area contributed by atoms with Crippen LogP contribution < -0.4 is 5.32 Å². The Kier molecular flexibility index (Phi) is 4.09. The fraction of sp³-hybridized carbons (Fsp3) is 0.133. The molecule has 2 rings (SSSR count). The zero-order valence-electron chi connectivity index (χ0n) is 11.0. The van der Waals surface area contributed by atoms with Gasteiger partial charge in [-0.2, -0.15) is 0 Å². The highest BCUT2D eigenvalue weighted by Gasteiger charge is 2.11. The maximum Gasteiger partial charge on any atom is 0.255 e. The molecule has 0 bridgehead atoms. The molecule has 0 fully saturated rings. The fourth-order valence-electron chi connectivity index (χ4n) is 1.77. The predicted molar refractivity (Wildman–Crippen MR) is 79.6 cm³/mol. The van der Waals surface area contributed by atoms with Gasteiger partial charge in [-0.1, -0.05) is 0 Å². The first-order valence-electron chi connectivity index (χ1n) is 5.95. The lowest BCUT2D eigenvalue weighted by atomic mass is 10.1. The first-order valence-corrected chi connectivity index (χ1v) is 6.74. The molecule has 0 aromatic heterocycles. The summed E-state index contributed by atoms with van der Waals surface area (Å²) in [4.78, 5) is 12.1. The molecule has 0 aliphatic heterocycles. The highest BCUT2D eigenvalue weighted by atomic mass is 79.9. The number of rotatable bonds is 2. The van der Waals surface area contributed by atoms with Crippen molar-refractivity contribution < 1.29 is 14.3 Å². The average molecular weight is 338 g/mol. The SMILES string of the molecule is Cc1cc(NC(=O)c2ccc(Br)c(F)c2)c(C)cc1O. The molecule has 2 N–H and O–H groups in total. The summed E-state index contributed by atoms with van der Waals surface area (Å²) in [7, 11) is 0. The molecule has 5 heteroatoms. The van der Waals surface area contributed by atoms with Gasteiger partial charge in [-0.25, -0.2) is 4.39 Å². The van der Waals surface area contributed by atoms with Crippen molar-refractivity contribution in [3.05, 3.63) is 57.3 Å². The van der Waals surface area contributed by atoms with E-state index in [-0.39, 0.29) is 11.3 Å². The van der Waals surface area contributed by atoms with Gasteiger partial charge in [0.1, 0.15) is 11.6 Å². The lowest BCUT2D eigenvalue weighted by Gasteiger charge is -2.11. The molecule has 20 heavy (non-hydrogen) atoms. The summed E-state index contributed by atoms with van der Waals surface area (Å²) in [6.07, 6.45) is 0. The summed E-state index contributed by atoms with van der Waals surface area (Å²) in [6.45, 7) is 3.51. The lowest BCUT2D eigenvalue weighted by molar-refractivity contribution is 0.102. The van der Waals surface area contributed by atoms with Crippen LogP contribution in [0.25, 0.3) is 0 Å². The minimum Gasteiger partial charge on any atom is -0.508 e. The van der Waals surface area contributed by atoms with Crippen molar-refractivity contribution in [3.8, 4) is 5.75 Å². The Labute approximate surface area is 124 Å². The summed E-state index contributed by atoms with van der Waals surface area (Å²) >= 11 is 3.04. The maximum atomic E-state index is 13.4. The molecule has 2 aromatic carbocycles. The molecule has 0 aliphatic carbocycles. The summed E-state index contributed by atoms with van der Waals surface area (Å²) in [5, 5.41) is 12.3. The van der Waals surface area contributed by atoms with Crippen molar-refractivity contribution in [2.24, 2.45) is 0 Å². The summed E-state index contributed by atoms with van der Waals surface area (Å²) in [5.74, 6) is -0.712. The number of phenols is 1. The van der Waals surface area contributed by atoms with Gasteiger partial charge in [0.2, 0.25) is 0 Å². The van der Waals surface area contributed by atoms with Crippen LogP contribution in [0.15, 0.2) is 34.8 Å². The van der Waals surface area contributed by atoms with Gasteiger partial charge in [-0.15, -0.1) is 0 Å². The quantitative estimate of drug-likeness (QED) is 0.808. The number of carbonyl (C=O) groups is 1. The van der Waals surface area contributed by atoms with Crippen molar-refractivity contribution in [3.63, 3.8) is 0 Å². The van der Waals surface area contributed by atoms with Gasteiger partial charge in [0, 0.05) is 11.3 Å². The van der Waals surface area contributed by atoms with Gasteiger partial charge in [0.15, 0.2) is 0 Å². The largest absolute Gasteiger partial charge is 0.508 e. The molecule has 0 spiro atoms. The van der Waals surface area contributed by atoms with Crippen LogP contribution in [0.4, 0.5) is 10.1 Å². The van der Waals surface area contributed by atoms with Gasteiger partial charge < -0.3 is 10.4 Å². The van der Waals surface area contributed by atoms with Crippen molar-refractivity contribution in [1.82, 2.24) is 0 Å². The molecular formula is C15H13BrFNO2. The van der Waals surface area contributed by atoms with Gasteiger partial charge in [-0.05, 0) is 71.2 Å². The first kappa shape index (κ1) is 14.5. The number of carbonyl (C=O) groups excluding carboxylic acids is 1. The molecular weight excluding hydrogens is 325 g/mol. The van der Waals surface area contributed by atoms with E-state index in [9.17, 15) is 14.3 Å². The smallest absolute Gasteiger partial charge is 0.255 e. The van der Waals surface area contributed by atoms with E-state index < -0.39 is 11.7 Å². The van der Waals surface area contributed by atoms with Gasteiger partial charge in [0.05, 0.1) is 4.47 Å². The third-order valence-electron chi connectivity index (χ3n) is 2.97. The van der Waals surface area contributed by atoms with Crippen LogP contribution in [0.5, 0.6) is 5.75 Å². The lowest BCUT2D eigenvalue weighted by Crippen LogP contribution is -2.13. The van der Waals surface area contributed by atoms with Crippen LogP contribution in [0.3, 0.4) is 0 Å². The second kappa shape index (κ2) is 5.63. The standard InChI is InChI=1S/C15H13BrFNO2/c1-8-6-14(19)9(2)5-13(8)18-15(20)10-3-4-11(16)12(17)7-10/h3-7,19H,1-2H3,(H,18,20). The van der Waals surface area contributed by atoms with Crippen LogP contribution in [0.2, 0.25) is 0 Å². The van der Waals surface area contributed by atoms with E-state index in [4.69, 9.17) is 0 Å². The van der Waals surface area contributed by atoms with Gasteiger partial charge in [0.25, 0.3) is 5.91 Å². The Hall–Kier alpha value is -1.88. The molecule has 1 amide bonds. The highest BCUT2D eigenvalue weighted by Crippen LogP contribution is 2.25. The molecule has 3 nitrogen and oxygen atoms in total. The zero-order chi connectivity index (χ0) is 14.9. The van der Waals surface area contributed by atoms with Crippen LogP contribution in [-0.2, 0) is 0 Å². The molecule has 0 unspecified atom stereocenters. The van der Waals surface area contributed by atoms with E-state index in [1.807, 2.05) is 0 Å². The summed E-state index contributed by atoms with van der Waals surface area (Å²) in [5.41, 5.74) is 2.22. The highest BCUT2D eigenvalue weighted by molar-refractivity contribution is 9.10. The van der Waals surface area contributed by atoms with E-state index in [0.29, 0.717) is 15.7 Å². The van der Waals surface area contributed by atoms with E-state index >= 15 is 0 Å². The number of hydrogen-bond donors (Lipinski definition) is 2. The number of halogens is 2. The average Bonchev–Trinajstić information content (AvgIpc) is 2.39. The van der Waals surface area contributed by atoms with Crippen molar-refractivity contribution in [2.75, 3.05) is 5.32 Å². The second-order valence-corrected chi connectivity index (χ2v) is 5.39. The number of aryl methyl sites for hydroxylation is 2. The normalized spacial score (nSPS) is 10.4. The number of hydrogen-bond acceptors (Lipinski definition) is 2. The Balaban J connectivity index is 2.27. The van der Waals surface area contributed by atoms with Gasteiger partial charge >= 0.3 is 0 Å². The number of amides is 1. The topological polar surface area (TPSA) is 49.3 Å². The summed E-state index contributed by atoms with van der Waals surface area (Å²) in [6, 6.07) is 7.44. The molecule has 2 aromatic rings. The zero-order valence-corrected chi connectivity index (χ0v) is 12.6. The van der Waals surface area contributed by atoms with Crippen molar-refractivity contribution in [2.45, 2.75) is 13.8 Å². The van der Waals surface area contributed by atoms with E-state index in [2.05, 4.69) is 21.2 Å². The molecule has 104 valence electrons. The van der Waals surface area contributed by atoms with Crippen molar-refractivity contribution >= 4 is 27.5 Å². The summed E-state index contributed by atoms with van der Waals surface area (Å²) < 4.78 is 13.7. The molecule has 0 saturated carbocycles. The first-order chi connectivity index (χ1) is 9.38. The third kappa shape index (κ3) is 2.99. The number of nitrogens with one attached hydrogen (secondary N) is 1. The van der Waals surface area contributed by atoms with E-state index in [1.54, 1.807) is 26.0 Å². The minimum atomic E-state index is -0.490. The molecule has 0 aliphatic rings. The number of benzene rings is 2. The fourth-order valence-corrected chi connectivity index (χ4v) is 2.01. The Bertz CT molecular complexity index is 686. The second-order valence-electron chi connectivity index (χ2n) is 4.54. The minimum absolute atomic E-state index is 0.176. The number of aromatic hydroxyl groups is 1. The number of anilines is 1. The third-order valence-corrected chi connectivity index (χ3v) is 3.62. The van der Waals surface area contributed by atoms with Crippen LogP contribution >= 0.6 is 15.9 Å².